The van der Waals surface area contributed by atoms with Gasteiger partial charge in [-0.15, -0.1) is 11.3 Å². The topological polar surface area (TPSA) is 68.3 Å². The molecule has 0 spiro atoms. The number of nitrogens with zero attached hydrogens (tertiary/aromatic N) is 1. The second-order valence-electron chi connectivity index (χ2n) is 4.84. The van der Waals surface area contributed by atoms with E-state index in [4.69, 9.17) is 4.74 Å². The molecular formula is C15H15FN2O3S. The van der Waals surface area contributed by atoms with Gasteiger partial charge in [-0.05, 0) is 38.1 Å². The summed E-state index contributed by atoms with van der Waals surface area (Å²) >= 11 is 1.25. The molecule has 0 unspecified atom stereocenters. The van der Waals surface area contributed by atoms with Crippen molar-refractivity contribution in [1.29, 1.82) is 0 Å². The molecule has 1 N–H and O–H groups in total. The van der Waals surface area contributed by atoms with E-state index in [1.54, 1.807) is 17.5 Å². The average Bonchev–Trinajstić information content (AvgIpc) is 2.94. The number of hydrogen-bond donors (Lipinski definition) is 1. The predicted molar refractivity (Wildman–Crippen MR) is 81.1 cm³/mol. The van der Waals surface area contributed by atoms with E-state index in [1.807, 2.05) is 13.8 Å². The SMILES string of the molecule is CC(C)NC(=O)COC(=O)c1csc(-c2ccc(F)cc2)n1. The molecule has 1 amide bonds. The van der Waals surface area contributed by atoms with Crippen molar-refractivity contribution in [3.63, 3.8) is 0 Å². The van der Waals surface area contributed by atoms with Crippen LogP contribution in [0, 0.1) is 5.82 Å². The Kier molecular flexibility index (Phi) is 5.21. The van der Waals surface area contributed by atoms with Gasteiger partial charge in [0.05, 0.1) is 0 Å². The number of ether oxygens (including phenoxy) is 1. The van der Waals surface area contributed by atoms with Crippen LogP contribution in [0.5, 0.6) is 0 Å². The zero-order valence-corrected chi connectivity index (χ0v) is 12.9. The van der Waals surface area contributed by atoms with Crippen LogP contribution in [-0.2, 0) is 9.53 Å². The van der Waals surface area contributed by atoms with Crippen LogP contribution < -0.4 is 5.32 Å². The number of carbonyl (C=O) groups excluding carboxylic acids is 2. The van der Waals surface area contributed by atoms with Crippen molar-refractivity contribution >= 4 is 23.2 Å². The largest absolute Gasteiger partial charge is 0.451 e. The highest BCUT2D eigenvalue weighted by molar-refractivity contribution is 7.13. The molecule has 0 aliphatic heterocycles. The van der Waals surface area contributed by atoms with Gasteiger partial charge in [0.1, 0.15) is 10.8 Å². The minimum absolute atomic E-state index is 0.0180. The summed E-state index contributed by atoms with van der Waals surface area (Å²) in [6, 6.07) is 5.80. The highest BCUT2D eigenvalue weighted by Gasteiger charge is 2.15. The summed E-state index contributed by atoms with van der Waals surface area (Å²) in [6.07, 6.45) is 0. The number of amides is 1. The molecule has 5 nitrogen and oxygen atoms in total. The maximum absolute atomic E-state index is 12.9. The van der Waals surface area contributed by atoms with Crippen molar-refractivity contribution < 1.29 is 18.7 Å². The Labute approximate surface area is 131 Å². The monoisotopic (exact) mass is 322 g/mol. The van der Waals surface area contributed by atoms with Crippen LogP contribution in [-0.4, -0.2) is 29.5 Å². The maximum atomic E-state index is 12.9. The van der Waals surface area contributed by atoms with Crippen molar-refractivity contribution in [2.45, 2.75) is 19.9 Å². The second-order valence-corrected chi connectivity index (χ2v) is 5.70. The number of esters is 1. The zero-order valence-electron chi connectivity index (χ0n) is 12.1. The van der Waals surface area contributed by atoms with Gasteiger partial charge in [0, 0.05) is 17.0 Å². The molecule has 0 saturated carbocycles. The molecule has 0 aliphatic carbocycles. The van der Waals surface area contributed by atoms with Gasteiger partial charge in [0.2, 0.25) is 0 Å². The smallest absolute Gasteiger partial charge is 0.358 e. The first-order valence-corrected chi connectivity index (χ1v) is 7.51. The lowest BCUT2D eigenvalue weighted by Crippen LogP contribution is -2.34. The number of rotatable bonds is 5. The minimum Gasteiger partial charge on any atom is -0.451 e. The lowest BCUT2D eigenvalue weighted by Gasteiger charge is -2.07. The summed E-state index contributed by atoms with van der Waals surface area (Å²) < 4.78 is 17.8. The molecule has 0 saturated heterocycles. The fourth-order valence-corrected chi connectivity index (χ4v) is 2.46. The normalized spacial score (nSPS) is 10.5. The van der Waals surface area contributed by atoms with Gasteiger partial charge in [-0.25, -0.2) is 14.2 Å². The molecule has 0 fully saturated rings. The number of nitrogens with one attached hydrogen (secondary N) is 1. The average molecular weight is 322 g/mol. The Hall–Kier alpha value is -2.28. The lowest BCUT2D eigenvalue weighted by molar-refractivity contribution is -0.124. The lowest BCUT2D eigenvalue weighted by atomic mass is 10.2. The first-order valence-electron chi connectivity index (χ1n) is 6.63. The standard InChI is InChI=1S/C15H15FN2O3S/c1-9(2)17-13(19)7-21-15(20)12-8-22-14(18-12)10-3-5-11(16)6-4-10/h3-6,8-9H,7H2,1-2H3,(H,17,19). The zero-order chi connectivity index (χ0) is 16.1. The van der Waals surface area contributed by atoms with E-state index in [0.29, 0.717) is 10.6 Å². The fraction of sp³-hybridized carbons (Fsp3) is 0.267. The van der Waals surface area contributed by atoms with Gasteiger partial charge in [0.25, 0.3) is 5.91 Å². The number of thiazole rings is 1. The quantitative estimate of drug-likeness (QED) is 0.859. The number of benzene rings is 1. The maximum Gasteiger partial charge on any atom is 0.358 e. The molecule has 2 aromatic rings. The van der Waals surface area contributed by atoms with Gasteiger partial charge in [-0.1, -0.05) is 0 Å². The minimum atomic E-state index is -0.663. The van der Waals surface area contributed by atoms with E-state index in [9.17, 15) is 14.0 Å². The first kappa shape index (κ1) is 16.1. The molecule has 0 aliphatic rings. The molecule has 0 atom stereocenters. The van der Waals surface area contributed by atoms with Gasteiger partial charge in [-0.3, -0.25) is 4.79 Å². The Morgan fingerprint density at radius 1 is 1.32 bits per heavy atom. The first-order chi connectivity index (χ1) is 10.5. The van der Waals surface area contributed by atoms with Gasteiger partial charge in [0.15, 0.2) is 12.3 Å². The van der Waals surface area contributed by atoms with Gasteiger partial charge >= 0.3 is 5.97 Å². The van der Waals surface area contributed by atoms with Crippen molar-refractivity contribution in [1.82, 2.24) is 10.3 Å². The van der Waals surface area contributed by atoms with Gasteiger partial charge < -0.3 is 10.1 Å². The van der Waals surface area contributed by atoms with Crippen molar-refractivity contribution in [3.8, 4) is 10.6 Å². The summed E-state index contributed by atoms with van der Waals surface area (Å²) in [5.74, 6) is -1.36. The summed E-state index contributed by atoms with van der Waals surface area (Å²) in [5.41, 5.74) is 0.838. The molecule has 22 heavy (non-hydrogen) atoms. The summed E-state index contributed by atoms with van der Waals surface area (Å²) in [4.78, 5) is 27.4. The number of hydrogen-bond acceptors (Lipinski definition) is 5. The van der Waals surface area contributed by atoms with Crippen LogP contribution in [0.15, 0.2) is 29.6 Å². The highest BCUT2D eigenvalue weighted by atomic mass is 32.1. The van der Waals surface area contributed by atoms with Crippen LogP contribution in [0.4, 0.5) is 4.39 Å². The molecule has 116 valence electrons. The fourth-order valence-electron chi connectivity index (χ4n) is 1.66. The molecular weight excluding hydrogens is 307 g/mol. The molecule has 0 bridgehead atoms. The Morgan fingerprint density at radius 2 is 2.00 bits per heavy atom. The van der Waals surface area contributed by atoms with E-state index < -0.39 is 5.97 Å². The van der Waals surface area contributed by atoms with Crippen molar-refractivity contribution in [2.24, 2.45) is 0 Å². The summed E-state index contributed by atoms with van der Waals surface area (Å²) in [7, 11) is 0. The summed E-state index contributed by atoms with van der Waals surface area (Å²) in [6.45, 7) is 3.28. The van der Waals surface area contributed by atoms with Crippen LogP contribution in [0.2, 0.25) is 0 Å². The predicted octanol–water partition coefficient (Wildman–Crippen LogP) is 2.63. The third-order valence-electron chi connectivity index (χ3n) is 2.59. The van der Waals surface area contributed by atoms with E-state index in [-0.39, 0.29) is 30.1 Å². The van der Waals surface area contributed by atoms with E-state index >= 15 is 0 Å². The molecule has 7 heteroatoms. The van der Waals surface area contributed by atoms with Crippen LogP contribution in [0.25, 0.3) is 10.6 Å². The molecule has 2 rings (SSSR count). The number of carbonyl (C=O) groups is 2. The third kappa shape index (κ3) is 4.36. The van der Waals surface area contributed by atoms with E-state index in [1.165, 1.54) is 23.5 Å². The molecule has 1 aromatic heterocycles. The van der Waals surface area contributed by atoms with Crippen LogP contribution in [0.1, 0.15) is 24.3 Å². The van der Waals surface area contributed by atoms with Gasteiger partial charge in [-0.2, -0.15) is 0 Å². The number of aromatic nitrogens is 1. The summed E-state index contributed by atoms with van der Waals surface area (Å²) in [5, 5.41) is 4.74. The second kappa shape index (κ2) is 7.13. The Balaban J connectivity index is 1.97. The molecule has 0 radical (unpaired) electrons. The van der Waals surface area contributed by atoms with Crippen LogP contribution in [0.3, 0.4) is 0 Å². The molecule has 1 heterocycles. The molecule has 1 aromatic carbocycles. The third-order valence-corrected chi connectivity index (χ3v) is 3.48. The van der Waals surface area contributed by atoms with Crippen molar-refractivity contribution in [3.05, 3.63) is 41.2 Å². The highest BCUT2D eigenvalue weighted by Crippen LogP contribution is 2.24. The number of halogens is 1. The van der Waals surface area contributed by atoms with E-state index in [0.717, 1.165) is 0 Å². The Morgan fingerprint density at radius 3 is 2.64 bits per heavy atom. The van der Waals surface area contributed by atoms with Crippen LogP contribution >= 0.6 is 11.3 Å². The van der Waals surface area contributed by atoms with E-state index in [2.05, 4.69) is 10.3 Å². The Bertz CT molecular complexity index is 668. The van der Waals surface area contributed by atoms with Crippen molar-refractivity contribution in [2.75, 3.05) is 6.61 Å².